The van der Waals surface area contributed by atoms with Crippen LogP contribution in [0.25, 0.3) is 10.9 Å². The second kappa shape index (κ2) is 5.89. The van der Waals surface area contributed by atoms with Crippen LogP contribution in [0.1, 0.15) is 32.1 Å². The normalized spacial score (nSPS) is 24.0. The van der Waals surface area contributed by atoms with Gasteiger partial charge in [0.05, 0.1) is 17.9 Å². The monoisotopic (exact) mass is 314 g/mol. The van der Waals surface area contributed by atoms with E-state index in [1.54, 1.807) is 7.11 Å². The van der Waals surface area contributed by atoms with E-state index in [4.69, 9.17) is 9.47 Å². The Morgan fingerprint density at radius 2 is 2.09 bits per heavy atom. The number of rotatable bonds is 5. The molecule has 2 aliphatic rings. The van der Waals surface area contributed by atoms with Crippen LogP contribution < -0.4 is 10.1 Å². The minimum absolute atomic E-state index is 0.0549. The van der Waals surface area contributed by atoms with E-state index in [9.17, 15) is 4.79 Å². The van der Waals surface area contributed by atoms with Gasteiger partial charge in [-0.3, -0.25) is 4.79 Å². The van der Waals surface area contributed by atoms with Crippen LogP contribution in [0, 0.1) is 5.92 Å². The van der Waals surface area contributed by atoms with E-state index in [1.807, 2.05) is 24.4 Å². The first kappa shape index (κ1) is 14.6. The molecule has 5 heteroatoms. The summed E-state index contributed by atoms with van der Waals surface area (Å²) in [5.41, 5.74) is 1.83. The molecule has 2 aliphatic carbocycles. The molecule has 4 rings (SSSR count). The highest BCUT2D eigenvalue weighted by Gasteiger charge is 2.34. The lowest BCUT2D eigenvalue weighted by molar-refractivity contribution is -0.127. The summed E-state index contributed by atoms with van der Waals surface area (Å²) >= 11 is 0. The van der Waals surface area contributed by atoms with E-state index in [1.165, 1.54) is 6.42 Å². The van der Waals surface area contributed by atoms with Crippen molar-refractivity contribution in [3.8, 4) is 5.75 Å². The fourth-order valence-corrected chi connectivity index (χ4v) is 3.16. The Kier molecular flexibility index (Phi) is 3.73. The number of anilines is 1. The zero-order valence-electron chi connectivity index (χ0n) is 13.3. The highest BCUT2D eigenvalue weighted by molar-refractivity contribution is 6.03. The molecule has 0 unspecified atom stereocenters. The van der Waals surface area contributed by atoms with Crippen molar-refractivity contribution >= 4 is 22.5 Å². The number of benzene rings is 1. The molecule has 2 aromatic rings. The maximum atomic E-state index is 12.3. The van der Waals surface area contributed by atoms with Gasteiger partial charge in [0.2, 0.25) is 5.91 Å². The zero-order chi connectivity index (χ0) is 15.8. The van der Waals surface area contributed by atoms with E-state index in [-0.39, 0.29) is 17.9 Å². The van der Waals surface area contributed by atoms with Crippen LogP contribution in [0.15, 0.2) is 24.4 Å². The second-order valence-electron chi connectivity index (χ2n) is 6.60. The lowest BCUT2D eigenvalue weighted by atomic mass is 9.81. The molecular formula is C18H22N2O3. The van der Waals surface area contributed by atoms with Crippen LogP contribution in [0.2, 0.25) is 0 Å². The molecule has 0 saturated heterocycles. The summed E-state index contributed by atoms with van der Waals surface area (Å²) in [5.74, 6) is 1.00. The molecule has 1 amide bonds. The van der Waals surface area contributed by atoms with Crippen molar-refractivity contribution in [1.82, 2.24) is 4.98 Å². The molecule has 0 bridgehead atoms. The Bertz CT molecular complexity index is 714. The molecule has 0 radical (unpaired) electrons. The standard InChI is InChI=1S/C18H22N2O3/c1-22-14-7-11(8-14)18(21)20-17-10-19-16-6-5-13(9-15(16)17)23-12-3-2-4-12/h5-6,9-12,14,19H,2-4,7-8H2,1H3,(H,20,21)/t11-,14+. The number of methoxy groups -OCH3 is 1. The number of aromatic nitrogens is 1. The fraction of sp³-hybridized carbons (Fsp3) is 0.500. The Balaban J connectivity index is 1.48. The summed E-state index contributed by atoms with van der Waals surface area (Å²) < 4.78 is 11.2. The van der Waals surface area contributed by atoms with Crippen molar-refractivity contribution in [2.75, 3.05) is 12.4 Å². The van der Waals surface area contributed by atoms with Gasteiger partial charge in [0.1, 0.15) is 5.75 Å². The van der Waals surface area contributed by atoms with Crippen LogP contribution in [0.4, 0.5) is 5.69 Å². The summed E-state index contributed by atoms with van der Waals surface area (Å²) in [6.07, 6.45) is 7.57. The molecule has 122 valence electrons. The SMILES string of the molecule is CO[C@H]1C[C@@H](C(=O)Nc2c[nH]c3ccc(OC4CCC4)cc23)C1. The van der Waals surface area contributed by atoms with Crippen molar-refractivity contribution < 1.29 is 14.3 Å². The number of H-pyrrole nitrogens is 1. The average Bonchev–Trinajstić information content (AvgIpc) is 2.84. The van der Waals surface area contributed by atoms with E-state index in [2.05, 4.69) is 10.3 Å². The predicted octanol–water partition coefficient (Wildman–Crippen LogP) is 3.46. The molecule has 0 atom stereocenters. The predicted molar refractivity (Wildman–Crippen MR) is 88.7 cm³/mol. The third-order valence-corrected chi connectivity index (χ3v) is 5.06. The minimum Gasteiger partial charge on any atom is -0.490 e. The number of ether oxygens (including phenoxy) is 2. The molecule has 1 aromatic carbocycles. The topological polar surface area (TPSA) is 63.3 Å². The number of nitrogens with one attached hydrogen (secondary N) is 2. The summed E-state index contributed by atoms with van der Waals surface area (Å²) in [4.78, 5) is 15.5. The van der Waals surface area contributed by atoms with Gasteiger partial charge in [0.25, 0.3) is 0 Å². The molecule has 5 nitrogen and oxygen atoms in total. The van der Waals surface area contributed by atoms with Crippen molar-refractivity contribution in [1.29, 1.82) is 0 Å². The van der Waals surface area contributed by atoms with Crippen molar-refractivity contribution in [3.63, 3.8) is 0 Å². The van der Waals surface area contributed by atoms with Gasteiger partial charge in [0.15, 0.2) is 0 Å². The molecule has 2 N–H and O–H groups in total. The Morgan fingerprint density at radius 3 is 2.78 bits per heavy atom. The zero-order valence-corrected chi connectivity index (χ0v) is 13.3. The van der Waals surface area contributed by atoms with Crippen LogP contribution in [0.3, 0.4) is 0 Å². The number of hydrogen-bond acceptors (Lipinski definition) is 3. The van der Waals surface area contributed by atoms with E-state index >= 15 is 0 Å². The molecule has 1 heterocycles. The van der Waals surface area contributed by atoms with Gasteiger partial charge < -0.3 is 19.8 Å². The third-order valence-electron chi connectivity index (χ3n) is 5.06. The molecule has 2 saturated carbocycles. The van der Waals surface area contributed by atoms with E-state index < -0.39 is 0 Å². The largest absolute Gasteiger partial charge is 0.490 e. The van der Waals surface area contributed by atoms with Gasteiger partial charge in [0, 0.05) is 30.1 Å². The number of amides is 1. The van der Waals surface area contributed by atoms with Crippen LogP contribution >= 0.6 is 0 Å². The Labute approximate surface area is 135 Å². The lowest BCUT2D eigenvalue weighted by Crippen LogP contribution is -2.38. The summed E-state index contributed by atoms with van der Waals surface area (Å²) in [6.45, 7) is 0. The number of aromatic amines is 1. The minimum atomic E-state index is 0.0549. The first-order chi connectivity index (χ1) is 11.2. The quantitative estimate of drug-likeness (QED) is 0.888. The summed E-state index contributed by atoms with van der Waals surface area (Å²) in [6, 6.07) is 6.00. The highest BCUT2D eigenvalue weighted by atomic mass is 16.5. The average molecular weight is 314 g/mol. The first-order valence-corrected chi connectivity index (χ1v) is 8.34. The van der Waals surface area contributed by atoms with Crippen molar-refractivity contribution in [2.45, 2.75) is 44.3 Å². The maximum Gasteiger partial charge on any atom is 0.227 e. The van der Waals surface area contributed by atoms with Crippen LogP contribution in [-0.2, 0) is 9.53 Å². The maximum absolute atomic E-state index is 12.3. The highest BCUT2D eigenvalue weighted by Crippen LogP contribution is 2.33. The molecular weight excluding hydrogens is 292 g/mol. The third kappa shape index (κ3) is 2.81. The van der Waals surface area contributed by atoms with Gasteiger partial charge >= 0.3 is 0 Å². The van der Waals surface area contributed by atoms with Gasteiger partial charge in [-0.1, -0.05) is 0 Å². The molecule has 1 aromatic heterocycles. The van der Waals surface area contributed by atoms with Crippen molar-refractivity contribution in [3.05, 3.63) is 24.4 Å². The lowest BCUT2D eigenvalue weighted by Gasteiger charge is -2.32. The number of hydrogen-bond donors (Lipinski definition) is 2. The number of carbonyl (C=O) groups is 1. The van der Waals surface area contributed by atoms with Crippen LogP contribution in [0.5, 0.6) is 5.75 Å². The van der Waals surface area contributed by atoms with Crippen LogP contribution in [-0.4, -0.2) is 30.2 Å². The molecule has 0 spiro atoms. The van der Waals surface area contributed by atoms with Gasteiger partial charge in [-0.15, -0.1) is 0 Å². The Hall–Kier alpha value is -2.01. The summed E-state index contributed by atoms with van der Waals surface area (Å²) in [7, 11) is 1.70. The number of carbonyl (C=O) groups excluding carboxylic acids is 1. The second-order valence-corrected chi connectivity index (χ2v) is 6.60. The smallest absolute Gasteiger partial charge is 0.227 e. The Morgan fingerprint density at radius 1 is 1.26 bits per heavy atom. The van der Waals surface area contributed by atoms with Gasteiger partial charge in [-0.2, -0.15) is 0 Å². The summed E-state index contributed by atoms with van der Waals surface area (Å²) in [5, 5.41) is 4.04. The van der Waals surface area contributed by atoms with E-state index in [0.29, 0.717) is 6.10 Å². The molecule has 2 fully saturated rings. The fourth-order valence-electron chi connectivity index (χ4n) is 3.16. The number of fused-ring (bicyclic) bond motifs is 1. The van der Waals surface area contributed by atoms with Crippen molar-refractivity contribution in [2.24, 2.45) is 5.92 Å². The first-order valence-electron chi connectivity index (χ1n) is 8.34. The van der Waals surface area contributed by atoms with Gasteiger partial charge in [-0.25, -0.2) is 0 Å². The van der Waals surface area contributed by atoms with Gasteiger partial charge in [-0.05, 0) is 50.3 Å². The van der Waals surface area contributed by atoms with E-state index in [0.717, 1.165) is 48.0 Å². The molecule has 23 heavy (non-hydrogen) atoms. The molecule has 0 aliphatic heterocycles.